The van der Waals surface area contributed by atoms with Crippen molar-refractivity contribution in [3.05, 3.63) is 60.7 Å². The molecule has 0 amide bonds. The topological polar surface area (TPSA) is 0 Å². The summed E-state index contributed by atoms with van der Waals surface area (Å²) in [6.45, 7) is 5.69. The van der Waals surface area contributed by atoms with Crippen LogP contribution in [0.2, 0.25) is 0 Å². The number of thioether (sulfide) groups is 2. The first-order chi connectivity index (χ1) is 12.0. The molecule has 1 fully saturated rings. The minimum absolute atomic E-state index is 0.408. The Bertz CT molecular complexity index is 619. The lowest BCUT2D eigenvalue weighted by Gasteiger charge is -2.39. The summed E-state index contributed by atoms with van der Waals surface area (Å²) in [5, 5.41) is 3.07. The van der Waals surface area contributed by atoms with Gasteiger partial charge in [-0.05, 0) is 35.6 Å². The molecule has 0 atom stereocenters. The third-order valence-corrected chi connectivity index (χ3v) is 18.1. The van der Waals surface area contributed by atoms with Gasteiger partial charge in [0.15, 0.2) is 10.8 Å². The molecule has 0 spiro atoms. The van der Waals surface area contributed by atoms with Gasteiger partial charge in [-0.3, -0.25) is 0 Å². The van der Waals surface area contributed by atoms with Crippen molar-refractivity contribution in [3.8, 4) is 0 Å². The molecule has 3 rings (SSSR count). The molecule has 0 bridgehead atoms. The highest BCUT2D eigenvalue weighted by Gasteiger charge is 2.53. The van der Waals surface area contributed by atoms with E-state index in [1.165, 1.54) is 22.1 Å². The number of hydrogen-bond donors (Lipinski definition) is 0. The van der Waals surface area contributed by atoms with Gasteiger partial charge in [-0.25, -0.2) is 0 Å². The quantitative estimate of drug-likeness (QED) is 0.541. The van der Waals surface area contributed by atoms with Gasteiger partial charge in [-0.15, -0.1) is 23.5 Å². The summed E-state index contributed by atoms with van der Waals surface area (Å²) >= 11 is 6.53. The number of hydrogen-bond acceptors (Lipinski definition) is 3. The molecule has 134 valence electrons. The Kier molecular flexibility index (Phi) is 6.53. The van der Waals surface area contributed by atoms with Crippen molar-refractivity contribution in [2.24, 2.45) is 11.3 Å². The summed E-state index contributed by atoms with van der Waals surface area (Å²) in [4.78, 5) is 0. The van der Waals surface area contributed by atoms with Crippen LogP contribution in [0.15, 0.2) is 60.7 Å². The maximum Gasteiger partial charge on any atom is 0.179 e. The molecule has 0 N–H and O–H groups in total. The Morgan fingerprint density at radius 3 is 1.64 bits per heavy atom. The maximum atomic E-state index is 2.39. The van der Waals surface area contributed by atoms with E-state index >= 15 is 0 Å². The fourth-order valence-electron chi connectivity index (χ4n) is 3.19. The van der Waals surface area contributed by atoms with Crippen molar-refractivity contribution in [1.29, 1.82) is 0 Å². The van der Waals surface area contributed by atoms with E-state index in [9.17, 15) is 0 Å². The van der Waals surface area contributed by atoms with Crippen molar-refractivity contribution >= 4 is 52.0 Å². The highest BCUT2D eigenvalue weighted by Crippen LogP contribution is 2.76. The smallest absolute Gasteiger partial charge is 0.105 e. The molecule has 25 heavy (non-hydrogen) atoms. The molecule has 1 aliphatic rings. The zero-order chi connectivity index (χ0) is 17.9. The summed E-state index contributed by atoms with van der Waals surface area (Å²) in [6.07, 6.45) is 2.32. The minimum atomic E-state index is -1.49. The Morgan fingerprint density at radius 1 is 0.840 bits per heavy atom. The van der Waals surface area contributed by atoms with Crippen molar-refractivity contribution in [3.63, 3.8) is 0 Å². The zero-order valence-corrected chi connectivity index (χ0v) is 18.9. The van der Waals surface area contributed by atoms with E-state index < -0.39 is 6.46 Å². The number of rotatable bonds is 4. The van der Waals surface area contributed by atoms with Crippen molar-refractivity contribution < 1.29 is 0 Å². The first-order valence-corrected chi connectivity index (χ1v) is 14.6. The molecule has 0 saturated carbocycles. The van der Waals surface area contributed by atoms with Crippen LogP contribution in [0.3, 0.4) is 0 Å². The third-order valence-electron chi connectivity index (χ3n) is 4.97. The molecule has 2 aromatic carbocycles. The lowest BCUT2D eigenvalue weighted by Crippen LogP contribution is -2.33. The summed E-state index contributed by atoms with van der Waals surface area (Å²) in [5.74, 6) is 3.36. The molecule has 2 aromatic rings. The van der Waals surface area contributed by atoms with Gasteiger partial charge in [0.1, 0.15) is 10.6 Å². The van der Waals surface area contributed by atoms with E-state index in [0.717, 1.165) is 5.92 Å². The van der Waals surface area contributed by atoms with E-state index in [0.29, 0.717) is 9.74 Å². The van der Waals surface area contributed by atoms with Gasteiger partial charge in [0.05, 0.1) is 0 Å². The predicted octanol–water partition coefficient (Wildman–Crippen LogP) is 6.36. The highest BCUT2D eigenvalue weighted by atomic mass is 32.7. The Balaban J connectivity index is 1.99. The van der Waals surface area contributed by atoms with Gasteiger partial charge in [0.2, 0.25) is 0 Å². The molecule has 0 nitrogen and oxygen atoms in total. The van der Waals surface area contributed by atoms with Crippen LogP contribution in [0.1, 0.15) is 20.8 Å². The Labute approximate surface area is 166 Å². The average Bonchev–Trinajstić information content (AvgIpc) is 2.64. The largest absolute Gasteiger partial charge is 0.179 e. The SMILES string of the molecule is CS[P+](c1ccccc1)(c1ccccc1)C1SCC(C(C)(C)C)CS1. The molecule has 4 heteroatoms. The van der Waals surface area contributed by atoms with E-state index in [1.54, 1.807) is 0 Å². The average molecular weight is 408 g/mol. The Morgan fingerprint density at radius 2 is 1.28 bits per heavy atom. The number of benzene rings is 2. The van der Waals surface area contributed by atoms with E-state index in [-0.39, 0.29) is 0 Å². The van der Waals surface area contributed by atoms with Gasteiger partial charge in [0.25, 0.3) is 0 Å². The third kappa shape index (κ3) is 4.10. The monoisotopic (exact) mass is 407 g/mol. The van der Waals surface area contributed by atoms with Crippen molar-refractivity contribution in [2.75, 3.05) is 17.8 Å². The summed E-state index contributed by atoms with van der Waals surface area (Å²) in [6, 6.07) is 22.5. The first-order valence-electron chi connectivity index (χ1n) is 8.77. The van der Waals surface area contributed by atoms with Crippen LogP contribution in [0.5, 0.6) is 0 Å². The fraction of sp³-hybridized carbons (Fsp3) is 0.429. The van der Waals surface area contributed by atoms with E-state index in [1.807, 2.05) is 0 Å². The van der Waals surface area contributed by atoms with Gasteiger partial charge < -0.3 is 0 Å². The van der Waals surface area contributed by atoms with Gasteiger partial charge in [0, 0.05) is 29.1 Å². The van der Waals surface area contributed by atoms with E-state index in [4.69, 9.17) is 0 Å². The summed E-state index contributed by atoms with van der Waals surface area (Å²) in [5.41, 5.74) is 0.408. The molecule has 0 unspecified atom stereocenters. The van der Waals surface area contributed by atoms with E-state index in [2.05, 4.69) is 123 Å². The minimum Gasteiger partial charge on any atom is -0.105 e. The zero-order valence-electron chi connectivity index (χ0n) is 15.5. The second kappa shape index (κ2) is 8.30. The second-order valence-electron chi connectivity index (χ2n) is 7.55. The molecular formula is C21H28PS3+. The van der Waals surface area contributed by atoms with Crippen LogP contribution < -0.4 is 10.6 Å². The molecule has 1 saturated heterocycles. The molecule has 1 heterocycles. The van der Waals surface area contributed by atoms with Crippen molar-refractivity contribution in [1.82, 2.24) is 0 Å². The molecule has 1 aliphatic heterocycles. The lowest BCUT2D eigenvalue weighted by atomic mass is 9.83. The van der Waals surface area contributed by atoms with Gasteiger partial charge in [-0.2, -0.15) is 0 Å². The summed E-state index contributed by atoms with van der Waals surface area (Å²) in [7, 11) is 0. The van der Waals surface area contributed by atoms with Crippen LogP contribution in [0.25, 0.3) is 0 Å². The second-order valence-corrected chi connectivity index (χ2v) is 16.9. The molecule has 0 radical (unpaired) electrons. The van der Waals surface area contributed by atoms with Crippen LogP contribution in [-0.2, 0) is 0 Å². The van der Waals surface area contributed by atoms with Gasteiger partial charge in [-0.1, -0.05) is 57.2 Å². The van der Waals surface area contributed by atoms with Gasteiger partial charge >= 0.3 is 0 Å². The van der Waals surface area contributed by atoms with Crippen LogP contribution in [0, 0.1) is 11.3 Å². The first kappa shape index (κ1) is 19.7. The fourth-order valence-corrected chi connectivity index (χ4v) is 17.6. The van der Waals surface area contributed by atoms with Crippen LogP contribution in [0.4, 0.5) is 0 Å². The standard InChI is InChI=1S/C21H28PS3/c1-21(2,3)17-15-24-20(25-16-17)22(23-4,18-11-7-5-8-12-18)19-13-9-6-10-14-19/h5-14,17,20H,15-16H2,1-4H3/q+1. The van der Waals surface area contributed by atoms with Crippen molar-refractivity contribution in [2.45, 2.75) is 25.1 Å². The molecule has 0 aliphatic carbocycles. The summed E-state index contributed by atoms with van der Waals surface area (Å²) < 4.78 is 0.644. The van der Waals surface area contributed by atoms with Crippen LogP contribution >= 0.6 is 41.4 Å². The highest BCUT2D eigenvalue weighted by molar-refractivity contribution is 8.70. The molecule has 0 aromatic heterocycles. The van der Waals surface area contributed by atoms with Crippen LogP contribution in [-0.4, -0.2) is 22.1 Å². The normalized spacial score (nSPS) is 21.9. The lowest BCUT2D eigenvalue weighted by molar-refractivity contribution is 0.293. The predicted molar refractivity (Wildman–Crippen MR) is 124 cm³/mol. The molecular weight excluding hydrogens is 379 g/mol. The maximum absolute atomic E-state index is 2.39. The Hall–Kier alpha value is -0.0800.